The second-order valence-corrected chi connectivity index (χ2v) is 5.43. The van der Waals surface area contributed by atoms with Crippen LogP contribution < -0.4 is 0 Å². The summed E-state index contributed by atoms with van der Waals surface area (Å²) in [6.07, 6.45) is 4.04. The first-order valence-electron chi connectivity index (χ1n) is 6.62. The van der Waals surface area contributed by atoms with E-state index < -0.39 is 5.41 Å². The summed E-state index contributed by atoms with van der Waals surface area (Å²) in [5.74, 6) is 0.192. The van der Waals surface area contributed by atoms with Crippen molar-refractivity contribution in [2.45, 2.75) is 32.2 Å². The zero-order chi connectivity index (χ0) is 14.6. The minimum Gasteiger partial charge on any atom is -0.251 e. The lowest BCUT2D eigenvalue weighted by molar-refractivity contribution is 0.301. The van der Waals surface area contributed by atoms with Crippen LogP contribution in [0.4, 0.5) is 0 Å². The lowest BCUT2D eigenvalue weighted by atomic mass is 9.71. The summed E-state index contributed by atoms with van der Waals surface area (Å²) >= 11 is 5.95. The molecule has 0 bridgehead atoms. The first kappa shape index (κ1) is 14.5. The zero-order valence-corrected chi connectivity index (χ0v) is 12.4. The van der Waals surface area contributed by atoms with Crippen molar-refractivity contribution in [3.8, 4) is 6.07 Å². The Balaban J connectivity index is 2.47. The molecular formula is C15H17ClN4. The minimum atomic E-state index is -0.632. The van der Waals surface area contributed by atoms with Crippen LogP contribution >= 0.6 is 11.6 Å². The molecule has 5 heteroatoms. The van der Waals surface area contributed by atoms with Crippen molar-refractivity contribution < 1.29 is 0 Å². The summed E-state index contributed by atoms with van der Waals surface area (Å²) < 4.78 is 1.71. The normalized spacial score (nSPS) is 15.3. The van der Waals surface area contributed by atoms with E-state index in [4.69, 9.17) is 11.6 Å². The molecule has 2 atom stereocenters. The quantitative estimate of drug-likeness (QED) is 0.847. The minimum absolute atomic E-state index is 0.192. The Morgan fingerprint density at radius 1 is 1.40 bits per heavy atom. The van der Waals surface area contributed by atoms with Gasteiger partial charge in [0, 0.05) is 5.02 Å². The number of nitriles is 1. The number of halogens is 1. The fourth-order valence-corrected chi connectivity index (χ4v) is 2.53. The molecule has 0 spiro atoms. The van der Waals surface area contributed by atoms with Crippen LogP contribution in [-0.2, 0) is 12.0 Å². The van der Waals surface area contributed by atoms with Gasteiger partial charge in [0.15, 0.2) is 0 Å². The van der Waals surface area contributed by atoms with Crippen LogP contribution in [0, 0.1) is 17.2 Å². The number of benzene rings is 1. The molecule has 20 heavy (non-hydrogen) atoms. The number of nitrogens with zero attached hydrogens (tertiary/aromatic N) is 4. The predicted octanol–water partition coefficient (Wildman–Crippen LogP) is 3.44. The summed E-state index contributed by atoms with van der Waals surface area (Å²) in [4.78, 5) is 3.95. The summed E-state index contributed by atoms with van der Waals surface area (Å²) in [5, 5.41) is 14.7. The fourth-order valence-electron chi connectivity index (χ4n) is 2.41. The van der Waals surface area contributed by atoms with Crippen molar-refractivity contribution >= 4 is 11.6 Å². The third-order valence-corrected chi connectivity index (χ3v) is 4.14. The van der Waals surface area contributed by atoms with E-state index in [9.17, 15) is 5.26 Å². The monoisotopic (exact) mass is 288 g/mol. The van der Waals surface area contributed by atoms with E-state index in [1.807, 2.05) is 24.3 Å². The molecule has 104 valence electrons. The van der Waals surface area contributed by atoms with Gasteiger partial charge >= 0.3 is 0 Å². The summed E-state index contributed by atoms with van der Waals surface area (Å²) in [6.45, 7) is 4.67. The molecule has 0 amide bonds. The Hall–Kier alpha value is -1.86. The highest BCUT2D eigenvalue weighted by molar-refractivity contribution is 6.30. The molecule has 1 aromatic heterocycles. The first-order chi connectivity index (χ1) is 9.62. The third-order valence-electron chi connectivity index (χ3n) is 3.89. The largest absolute Gasteiger partial charge is 0.251 e. The lowest BCUT2D eigenvalue weighted by Crippen LogP contribution is -2.37. The van der Waals surface area contributed by atoms with Crippen molar-refractivity contribution in [2.75, 3.05) is 0 Å². The van der Waals surface area contributed by atoms with E-state index in [2.05, 4.69) is 30.0 Å². The van der Waals surface area contributed by atoms with Crippen molar-refractivity contribution in [1.29, 1.82) is 5.26 Å². The van der Waals surface area contributed by atoms with E-state index in [-0.39, 0.29) is 5.92 Å². The maximum atomic E-state index is 9.86. The molecule has 0 saturated carbocycles. The number of aromatic nitrogens is 3. The maximum Gasteiger partial charge on any atom is 0.137 e. The Morgan fingerprint density at radius 2 is 2.10 bits per heavy atom. The summed E-state index contributed by atoms with van der Waals surface area (Å²) in [7, 11) is 0. The van der Waals surface area contributed by atoms with Gasteiger partial charge in [0.1, 0.15) is 18.1 Å². The van der Waals surface area contributed by atoms with Gasteiger partial charge in [-0.3, -0.25) is 4.68 Å². The standard InChI is InChI=1S/C15H17ClN4/c1-3-12(2)15(8-17,9-20-11-18-10-19-20)13-4-6-14(16)7-5-13/h4-7,10-12H,3,9H2,1-2H3. The smallest absolute Gasteiger partial charge is 0.137 e. The van der Waals surface area contributed by atoms with Gasteiger partial charge in [0.05, 0.1) is 12.6 Å². The molecule has 0 aliphatic heterocycles. The highest BCUT2D eigenvalue weighted by atomic mass is 35.5. The van der Waals surface area contributed by atoms with Crippen LogP contribution in [-0.4, -0.2) is 14.8 Å². The van der Waals surface area contributed by atoms with Crippen LogP contribution in [0.25, 0.3) is 0 Å². The average Bonchev–Trinajstić information content (AvgIpc) is 2.98. The Morgan fingerprint density at radius 3 is 2.60 bits per heavy atom. The molecule has 1 aromatic carbocycles. The van der Waals surface area contributed by atoms with Gasteiger partial charge < -0.3 is 0 Å². The van der Waals surface area contributed by atoms with Crippen molar-refractivity contribution in [3.63, 3.8) is 0 Å². The zero-order valence-electron chi connectivity index (χ0n) is 11.6. The molecule has 1 heterocycles. The SMILES string of the molecule is CCC(C)C(C#N)(Cn1cncn1)c1ccc(Cl)cc1. The third kappa shape index (κ3) is 2.68. The van der Waals surface area contributed by atoms with E-state index in [1.165, 1.54) is 6.33 Å². The molecule has 4 nitrogen and oxygen atoms in total. The average molecular weight is 289 g/mol. The molecular weight excluding hydrogens is 272 g/mol. The number of rotatable bonds is 5. The van der Waals surface area contributed by atoms with E-state index in [0.717, 1.165) is 12.0 Å². The van der Waals surface area contributed by atoms with Crippen LogP contribution in [0.3, 0.4) is 0 Å². The predicted molar refractivity (Wildman–Crippen MR) is 78.2 cm³/mol. The van der Waals surface area contributed by atoms with Gasteiger partial charge in [0.25, 0.3) is 0 Å². The molecule has 0 aliphatic rings. The van der Waals surface area contributed by atoms with Crippen LogP contribution in [0.5, 0.6) is 0 Å². The topological polar surface area (TPSA) is 54.5 Å². The van der Waals surface area contributed by atoms with Crippen molar-refractivity contribution in [1.82, 2.24) is 14.8 Å². The van der Waals surface area contributed by atoms with Gasteiger partial charge in [-0.2, -0.15) is 10.4 Å². The van der Waals surface area contributed by atoms with Crippen molar-refractivity contribution in [3.05, 3.63) is 47.5 Å². The Bertz CT molecular complexity index is 585. The fraction of sp³-hybridized carbons (Fsp3) is 0.400. The van der Waals surface area contributed by atoms with E-state index >= 15 is 0 Å². The highest BCUT2D eigenvalue weighted by Gasteiger charge is 2.38. The highest BCUT2D eigenvalue weighted by Crippen LogP contribution is 2.36. The van der Waals surface area contributed by atoms with Crippen molar-refractivity contribution in [2.24, 2.45) is 5.92 Å². The second-order valence-electron chi connectivity index (χ2n) is 4.99. The summed E-state index contributed by atoms with van der Waals surface area (Å²) in [5.41, 5.74) is 0.335. The number of hydrogen-bond donors (Lipinski definition) is 0. The maximum absolute atomic E-state index is 9.86. The van der Waals surface area contributed by atoms with Gasteiger partial charge in [-0.05, 0) is 23.6 Å². The van der Waals surface area contributed by atoms with Gasteiger partial charge in [-0.15, -0.1) is 0 Å². The van der Waals surface area contributed by atoms with Crippen LogP contribution in [0.1, 0.15) is 25.8 Å². The van der Waals surface area contributed by atoms with Crippen LogP contribution in [0.2, 0.25) is 5.02 Å². The number of hydrogen-bond acceptors (Lipinski definition) is 3. The molecule has 0 radical (unpaired) electrons. The lowest BCUT2D eigenvalue weighted by Gasteiger charge is -2.32. The Kier molecular flexibility index (Phi) is 4.41. The molecule has 0 N–H and O–H groups in total. The molecule has 2 aromatic rings. The van der Waals surface area contributed by atoms with Crippen LogP contribution in [0.15, 0.2) is 36.9 Å². The second kappa shape index (κ2) is 6.06. The van der Waals surface area contributed by atoms with Gasteiger partial charge in [-0.1, -0.05) is 44.0 Å². The Labute approximate surface area is 124 Å². The van der Waals surface area contributed by atoms with Gasteiger partial charge in [-0.25, -0.2) is 4.98 Å². The molecule has 0 fully saturated rings. The van der Waals surface area contributed by atoms with Gasteiger partial charge in [0.2, 0.25) is 0 Å². The molecule has 2 rings (SSSR count). The molecule has 2 unspecified atom stereocenters. The first-order valence-corrected chi connectivity index (χ1v) is 7.00. The molecule has 0 saturated heterocycles. The van der Waals surface area contributed by atoms with E-state index in [0.29, 0.717) is 11.6 Å². The molecule has 0 aliphatic carbocycles. The summed E-state index contributed by atoms with van der Waals surface area (Å²) in [6, 6.07) is 10.0. The van der Waals surface area contributed by atoms with E-state index in [1.54, 1.807) is 11.0 Å².